The van der Waals surface area contributed by atoms with E-state index in [2.05, 4.69) is 9.98 Å². The Kier molecular flexibility index (Phi) is 6.68. The van der Waals surface area contributed by atoms with Gasteiger partial charge in [0.05, 0.1) is 13.1 Å². The van der Waals surface area contributed by atoms with Crippen molar-refractivity contribution in [2.75, 3.05) is 13.1 Å². The average molecular weight is 284 g/mol. The summed E-state index contributed by atoms with van der Waals surface area (Å²) >= 11 is 0. The molecule has 2 rings (SSSR count). The van der Waals surface area contributed by atoms with Gasteiger partial charge in [-0.2, -0.15) is 0 Å². The second-order valence-corrected chi connectivity index (χ2v) is 4.19. The van der Waals surface area contributed by atoms with E-state index in [9.17, 15) is 10.2 Å². The molecule has 0 aliphatic rings. The Bertz CT molecular complexity index is 566. The molecule has 0 aliphatic heterocycles. The van der Waals surface area contributed by atoms with Gasteiger partial charge in [0.15, 0.2) is 0 Å². The number of hydrogen-bond donors (Lipinski definition) is 2. The summed E-state index contributed by atoms with van der Waals surface area (Å²) in [7, 11) is 0. The predicted molar refractivity (Wildman–Crippen MR) is 87.9 cm³/mol. The molecular weight excluding hydrogens is 264 g/mol. The molecule has 0 aliphatic carbocycles. The minimum Gasteiger partial charge on any atom is -0.507 e. The minimum absolute atomic E-state index is 0. The van der Waals surface area contributed by atoms with Crippen LogP contribution in [0.3, 0.4) is 0 Å². The molecule has 110 valence electrons. The molecule has 0 heterocycles. The smallest absolute Gasteiger partial charge is 0.124 e. The molecular formula is C17H20N2O2. The number of nitrogens with zero attached hydrogens (tertiary/aromatic N) is 2. The summed E-state index contributed by atoms with van der Waals surface area (Å²) in [5.41, 5.74) is 1.38. The summed E-state index contributed by atoms with van der Waals surface area (Å²) in [4.78, 5) is 8.39. The summed E-state index contributed by atoms with van der Waals surface area (Å²) in [5, 5.41) is 19.1. The van der Waals surface area contributed by atoms with Crippen molar-refractivity contribution in [3.8, 4) is 11.5 Å². The number of hydrogen-bond acceptors (Lipinski definition) is 4. The van der Waals surface area contributed by atoms with E-state index in [4.69, 9.17) is 0 Å². The SMILES string of the molecule is C.Oc1ccccc1C=NCCN=Cc1ccccc1O. The van der Waals surface area contributed by atoms with Gasteiger partial charge >= 0.3 is 0 Å². The number of aromatic hydroxyl groups is 2. The molecule has 0 unspecified atom stereocenters. The van der Waals surface area contributed by atoms with Crippen molar-refractivity contribution >= 4 is 12.4 Å². The third-order valence-corrected chi connectivity index (χ3v) is 2.69. The summed E-state index contributed by atoms with van der Waals surface area (Å²) < 4.78 is 0. The Morgan fingerprint density at radius 2 is 1.10 bits per heavy atom. The zero-order chi connectivity index (χ0) is 14.2. The Labute approximate surface area is 125 Å². The van der Waals surface area contributed by atoms with E-state index in [1.165, 1.54) is 0 Å². The maximum atomic E-state index is 9.54. The van der Waals surface area contributed by atoms with E-state index < -0.39 is 0 Å². The normalized spacial score (nSPS) is 10.9. The molecule has 0 saturated heterocycles. The van der Waals surface area contributed by atoms with Gasteiger partial charge in [-0.25, -0.2) is 0 Å². The van der Waals surface area contributed by atoms with Crippen LogP contribution >= 0.6 is 0 Å². The molecule has 2 aromatic rings. The van der Waals surface area contributed by atoms with Crippen molar-refractivity contribution in [2.24, 2.45) is 9.98 Å². The summed E-state index contributed by atoms with van der Waals surface area (Å²) in [6.07, 6.45) is 3.26. The van der Waals surface area contributed by atoms with Crippen molar-refractivity contribution in [3.05, 3.63) is 59.7 Å². The molecule has 4 heteroatoms. The van der Waals surface area contributed by atoms with Gasteiger partial charge in [0, 0.05) is 23.6 Å². The summed E-state index contributed by atoms with van der Waals surface area (Å²) in [5.74, 6) is 0.433. The zero-order valence-corrected chi connectivity index (χ0v) is 11.0. The maximum absolute atomic E-state index is 9.54. The fraction of sp³-hybridized carbons (Fsp3) is 0.176. The molecule has 21 heavy (non-hydrogen) atoms. The fourth-order valence-corrected chi connectivity index (χ4v) is 1.63. The van der Waals surface area contributed by atoms with Crippen LogP contribution < -0.4 is 0 Å². The quantitative estimate of drug-likeness (QED) is 0.653. The van der Waals surface area contributed by atoms with E-state index in [1.807, 2.05) is 12.1 Å². The molecule has 0 atom stereocenters. The van der Waals surface area contributed by atoms with E-state index in [0.717, 1.165) is 0 Å². The van der Waals surface area contributed by atoms with E-state index in [-0.39, 0.29) is 18.9 Å². The van der Waals surface area contributed by atoms with Crippen LogP contribution in [0.4, 0.5) is 0 Å². The zero-order valence-electron chi connectivity index (χ0n) is 11.0. The molecule has 2 aromatic carbocycles. The lowest BCUT2D eigenvalue weighted by atomic mass is 10.2. The van der Waals surface area contributed by atoms with E-state index in [0.29, 0.717) is 24.2 Å². The van der Waals surface area contributed by atoms with Crippen LogP contribution in [0, 0.1) is 0 Å². The first kappa shape index (κ1) is 16.4. The molecule has 0 radical (unpaired) electrons. The van der Waals surface area contributed by atoms with Crippen LogP contribution in [0.2, 0.25) is 0 Å². The Hall–Kier alpha value is -2.62. The summed E-state index contributed by atoms with van der Waals surface area (Å²) in [6.45, 7) is 1.05. The molecule has 2 N–H and O–H groups in total. The summed E-state index contributed by atoms with van der Waals surface area (Å²) in [6, 6.07) is 14.1. The highest BCUT2D eigenvalue weighted by molar-refractivity contribution is 5.84. The van der Waals surface area contributed by atoms with Crippen molar-refractivity contribution in [1.29, 1.82) is 0 Å². The van der Waals surface area contributed by atoms with Gasteiger partial charge in [0.1, 0.15) is 11.5 Å². The second kappa shape index (κ2) is 8.53. The fourth-order valence-electron chi connectivity index (χ4n) is 1.63. The van der Waals surface area contributed by atoms with Crippen molar-refractivity contribution < 1.29 is 10.2 Å². The standard InChI is InChI=1S/C16H16N2O2.CH4/c19-15-7-3-1-5-13(15)11-17-9-10-18-12-14-6-2-4-8-16(14)20;/h1-8,11-12,19-20H,9-10H2;1H4. The highest BCUT2D eigenvalue weighted by Crippen LogP contribution is 2.13. The van der Waals surface area contributed by atoms with Gasteiger partial charge < -0.3 is 10.2 Å². The van der Waals surface area contributed by atoms with Gasteiger partial charge in [0.25, 0.3) is 0 Å². The molecule has 0 amide bonds. The van der Waals surface area contributed by atoms with Gasteiger partial charge in [-0.15, -0.1) is 0 Å². The average Bonchev–Trinajstić information content (AvgIpc) is 2.46. The number of benzene rings is 2. The number of rotatable bonds is 5. The Balaban J connectivity index is 0.00000220. The van der Waals surface area contributed by atoms with Crippen LogP contribution in [0.5, 0.6) is 11.5 Å². The van der Waals surface area contributed by atoms with Crippen molar-refractivity contribution in [3.63, 3.8) is 0 Å². The lowest BCUT2D eigenvalue weighted by Gasteiger charge is -1.97. The number of aliphatic imine (C=N–C) groups is 2. The van der Waals surface area contributed by atoms with E-state index >= 15 is 0 Å². The van der Waals surface area contributed by atoms with Crippen molar-refractivity contribution in [2.45, 2.75) is 7.43 Å². The topological polar surface area (TPSA) is 65.2 Å². The predicted octanol–water partition coefficient (Wildman–Crippen LogP) is 3.27. The van der Waals surface area contributed by atoms with Crippen LogP contribution in [0.25, 0.3) is 0 Å². The lowest BCUT2D eigenvalue weighted by Crippen LogP contribution is -1.91. The lowest BCUT2D eigenvalue weighted by molar-refractivity contribution is 0.474. The molecule has 0 bridgehead atoms. The largest absolute Gasteiger partial charge is 0.507 e. The third kappa shape index (κ3) is 5.10. The van der Waals surface area contributed by atoms with Gasteiger partial charge in [0.2, 0.25) is 0 Å². The molecule has 0 aromatic heterocycles. The highest BCUT2D eigenvalue weighted by Gasteiger charge is 1.95. The number of phenols is 2. The Morgan fingerprint density at radius 3 is 1.48 bits per heavy atom. The first-order valence-corrected chi connectivity index (χ1v) is 6.33. The van der Waals surface area contributed by atoms with Gasteiger partial charge in [-0.3, -0.25) is 9.98 Å². The Morgan fingerprint density at radius 1 is 0.714 bits per heavy atom. The highest BCUT2D eigenvalue weighted by atomic mass is 16.3. The first-order chi connectivity index (χ1) is 9.77. The van der Waals surface area contributed by atoms with Crippen LogP contribution in [0.1, 0.15) is 18.6 Å². The molecule has 0 fully saturated rings. The second-order valence-electron chi connectivity index (χ2n) is 4.19. The monoisotopic (exact) mass is 284 g/mol. The van der Waals surface area contributed by atoms with E-state index in [1.54, 1.807) is 48.8 Å². The molecule has 0 spiro atoms. The maximum Gasteiger partial charge on any atom is 0.124 e. The third-order valence-electron chi connectivity index (χ3n) is 2.69. The first-order valence-electron chi connectivity index (χ1n) is 6.33. The van der Waals surface area contributed by atoms with Crippen LogP contribution in [0.15, 0.2) is 58.5 Å². The van der Waals surface area contributed by atoms with Crippen molar-refractivity contribution in [1.82, 2.24) is 0 Å². The molecule has 0 saturated carbocycles. The minimum atomic E-state index is 0. The molecule has 4 nitrogen and oxygen atoms in total. The number of para-hydroxylation sites is 2. The van der Waals surface area contributed by atoms with Gasteiger partial charge in [-0.1, -0.05) is 31.7 Å². The van der Waals surface area contributed by atoms with Crippen LogP contribution in [-0.4, -0.2) is 35.7 Å². The number of phenolic OH excluding ortho intramolecular Hbond substituents is 2. The van der Waals surface area contributed by atoms with Crippen LogP contribution in [-0.2, 0) is 0 Å². The van der Waals surface area contributed by atoms with Gasteiger partial charge in [-0.05, 0) is 24.3 Å².